The molecule has 0 bridgehead atoms. The maximum Gasteiger partial charge on any atom is 0.129 e. The second kappa shape index (κ2) is 6.82. The van der Waals surface area contributed by atoms with Crippen molar-refractivity contribution in [1.29, 1.82) is 0 Å². The molecule has 0 saturated heterocycles. The summed E-state index contributed by atoms with van der Waals surface area (Å²) in [6, 6.07) is 16.5. The lowest BCUT2D eigenvalue weighted by Gasteiger charge is -2.21. The summed E-state index contributed by atoms with van der Waals surface area (Å²) in [6.45, 7) is 8.90. The normalized spacial score (nSPS) is 11.5. The van der Waals surface area contributed by atoms with E-state index in [0.717, 1.165) is 16.6 Å². The van der Waals surface area contributed by atoms with E-state index in [0.29, 0.717) is 17.0 Å². The Kier molecular flexibility index (Phi) is 4.77. The molecule has 3 rings (SSSR count). The van der Waals surface area contributed by atoms with Crippen molar-refractivity contribution in [3.63, 3.8) is 0 Å². The summed E-state index contributed by atoms with van der Waals surface area (Å²) in [7, 11) is 0. The van der Waals surface area contributed by atoms with Gasteiger partial charge in [-0.15, -0.1) is 0 Å². The van der Waals surface area contributed by atoms with Crippen LogP contribution in [0.3, 0.4) is 0 Å². The molecule has 124 valence electrons. The first-order chi connectivity index (χ1) is 11.5. The number of fused-ring (bicyclic) bond motifs is 1. The van der Waals surface area contributed by atoms with Gasteiger partial charge in [0.25, 0.3) is 0 Å². The zero-order valence-corrected chi connectivity index (χ0v) is 15.4. The number of para-hydroxylation sites is 2. The molecule has 0 aliphatic carbocycles. The van der Waals surface area contributed by atoms with E-state index in [2.05, 4.69) is 68.3 Å². The monoisotopic (exact) mass is 338 g/mol. The van der Waals surface area contributed by atoms with Crippen molar-refractivity contribution < 1.29 is 0 Å². The minimum Gasteiger partial charge on any atom is -0.353 e. The zero-order chi connectivity index (χ0) is 17.3. The quantitative estimate of drug-likeness (QED) is 0.524. The Bertz CT molecular complexity index is 843. The van der Waals surface area contributed by atoms with E-state index in [1.807, 2.05) is 18.2 Å². The molecular formula is C21H23ClN2. The highest BCUT2D eigenvalue weighted by Gasteiger charge is 2.15. The Morgan fingerprint density at radius 2 is 1.46 bits per heavy atom. The molecule has 2 nitrogen and oxygen atoms in total. The van der Waals surface area contributed by atoms with Gasteiger partial charge in [0.15, 0.2) is 0 Å². The highest BCUT2D eigenvalue weighted by atomic mass is 35.5. The third kappa shape index (κ3) is 3.25. The van der Waals surface area contributed by atoms with Crippen LogP contribution in [0.2, 0.25) is 5.15 Å². The Morgan fingerprint density at radius 3 is 2.08 bits per heavy atom. The molecule has 1 heterocycles. The molecule has 24 heavy (non-hydrogen) atoms. The van der Waals surface area contributed by atoms with Gasteiger partial charge in [0.1, 0.15) is 5.15 Å². The number of pyridine rings is 1. The van der Waals surface area contributed by atoms with Gasteiger partial charge in [-0.1, -0.05) is 69.6 Å². The van der Waals surface area contributed by atoms with Crippen LogP contribution in [0.5, 0.6) is 0 Å². The van der Waals surface area contributed by atoms with Gasteiger partial charge in [-0.2, -0.15) is 0 Å². The lowest BCUT2D eigenvalue weighted by Crippen LogP contribution is -2.04. The number of hydrogen-bond acceptors (Lipinski definition) is 2. The first-order valence-electron chi connectivity index (χ1n) is 8.42. The summed E-state index contributed by atoms with van der Waals surface area (Å²) >= 11 is 6.12. The zero-order valence-electron chi connectivity index (χ0n) is 14.6. The highest BCUT2D eigenvalue weighted by molar-refractivity contribution is 6.29. The molecule has 0 atom stereocenters. The average Bonchev–Trinajstić information content (AvgIpc) is 2.55. The minimum atomic E-state index is 0.442. The summed E-state index contributed by atoms with van der Waals surface area (Å²) in [5.74, 6) is 0.885. The Hall–Kier alpha value is -2.06. The predicted octanol–water partition coefficient (Wildman–Crippen LogP) is 6.88. The molecule has 1 aromatic heterocycles. The summed E-state index contributed by atoms with van der Waals surface area (Å²) in [5, 5.41) is 5.25. The van der Waals surface area contributed by atoms with Crippen molar-refractivity contribution in [2.45, 2.75) is 39.5 Å². The molecule has 2 aromatic carbocycles. The fourth-order valence-corrected chi connectivity index (χ4v) is 3.20. The molecule has 0 aliphatic rings. The molecule has 0 unspecified atom stereocenters. The fraction of sp³-hybridized carbons (Fsp3) is 0.286. The van der Waals surface area contributed by atoms with Gasteiger partial charge in [-0.3, -0.25) is 0 Å². The maximum absolute atomic E-state index is 6.12. The van der Waals surface area contributed by atoms with Crippen molar-refractivity contribution in [2.75, 3.05) is 5.32 Å². The van der Waals surface area contributed by atoms with Gasteiger partial charge in [0.2, 0.25) is 0 Å². The summed E-state index contributed by atoms with van der Waals surface area (Å²) < 4.78 is 0. The van der Waals surface area contributed by atoms with Gasteiger partial charge in [-0.05, 0) is 41.2 Å². The predicted molar refractivity (Wildman–Crippen MR) is 105 cm³/mol. The van der Waals surface area contributed by atoms with Gasteiger partial charge in [0.05, 0.1) is 11.2 Å². The van der Waals surface area contributed by atoms with Crippen LogP contribution in [-0.2, 0) is 0 Å². The van der Waals surface area contributed by atoms with Crippen LogP contribution in [0.1, 0.15) is 50.7 Å². The van der Waals surface area contributed by atoms with Crippen molar-refractivity contribution in [1.82, 2.24) is 4.98 Å². The number of halogens is 1. The van der Waals surface area contributed by atoms with E-state index < -0.39 is 0 Å². The third-order valence-electron chi connectivity index (χ3n) is 4.32. The second-order valence-corrected chi connectivity index (χ2v) is 7.14. The van der Waals surface area contributed by atoms with Crippen molar-refractivity contribution in [3.05, 3.63) is 64.8 Å². The van der Waals surface area contributed by atoms with E-state index in [4.69, 9.17) is 11.6 Å². The van der Waals surface area contributed by atoms with Crippen LogP contribution < -0.4 is 5.32 Å². The summed E-state index contributed by atoms with van der Waals surface area (Å²) in [4.78, 5) is 4.52. The maximum atomic E-state index is 6.12. The summed E-state index contributed by atoms with van der Waals surface area (Å²) in [6.07, 6.45) is 0. The minimum absolute atomic E-state index is 0.442. The Balaban J connectivity index is 2.17. The molecule has 0 amide bonds. The topological polar surface area (TPSA) is 24.9 Å². The molecule has 0 radical (unpaired) electrons. The number of rotatable bonds is 4. The molecule has 3 heteroatoms. The smallest absolute Gasteiger partial charge is 0.129 e. The molecule has 0 fully saturated rings. The fourth-order valence-electron chi connectivity index (χ4n) is 3.05. The van der Waals surface area contributed by atoms with Crippen molar-refractivity contribution in [3.8, 4) is 0 Å². The van der Waals surface area contributed by atoms with Gasteiger partial charge >= 0.3 is 0 Å². The molecule has 0 spiro atoms. The van der Waals surface area contributed by atoms with Crippen LogP contribution in [-0.4, -0.2) is 4.98 Å². The van der Waals surface area contributed by atoms with Crippen molar-refractivity contribution in [2.24, 2.45) is 0 Å². The van der Waals surface area contributed by atoms with E-state index in [9.17, 15) is 0 Å². The van der Waals surface area contributed by atoms with Crippen LogP contribution in [0, 0.1) is 0 Å². The molecule has 3 aromatic rings. The first kappa shape index (κ1) is 16.8. The second-order valence-electron chi connectivity index (χ2n) is 6.76. The Morgan fingerprint density at radius 1 is 0.833 bits per heavy atom. The SMILES string of the molecule is CC(C)c1cccc(C(C)C)c1Nc1cccc2ccc(Cl)nc12. The lowest BCUT2D eigenvalue weighted by molar-refractivity contribution is 0.838. The van der Waals surface area contributed by atoms with Crippen molar-refractivity contribution >= 4 is 33.9 Å². The van der Waals surface area contributed by atoms with E-state index >= 15 is 0 Å². The largest absolute Gasteiger partial charge is 0.353 e. The summed E-state index contributed by atoms with van der Waals surface area (Å²) in [5.41, 5.74) is 5.72. The molecule has 0 aliphatic heterocycles. The number of anilines is 2. The standard InChI is InChI=1S/C21H23ClN2/c1-13(2)16-8-6-9-17(14(3)4)21(16)23-18-10-5-7-15-11-12-19(22)24-20(15)18/h5-14,23H,1-4H3. The van der Waals surface area contributed by atoms with Gasteiger partial charge in [-0.25, -0.2) is 4.98 Å². The highest BCUT2D eigenvalue weighted by Crippen LogP contribution is 2.36. The first-order valence-corrected chi connectivity index (χ1v) is 8.80. The number of aromatic nitrogens is 1. The number of nitrogens with zero attached hydrogens (tertiary/aromatic N) is 1. The van der Waals surface area contributed by atoms with E-state index in [1.165, 1.54) is 16.8 Å². The van der Waals surface area contributed by atoms with Crippen LogP contribution in [0.15, 0.2) is 48.5 Å². The molecule has 0 saturated carbocycles. The third-order valence-corrected chi connectivity index (χ3v) is 4.53. The molecule has 1 N–H and O–H groups in total. The average molecular weight is 339 g/mol. The Labute approximate surface area is 148 Å². The molecular weight excluding hydrogens is 316 g/mol. The van der Waals surface area contributed by atoms with Crippen LogP contribution >= 0.6 is 11.6 Å². The number of nitrogens with one attached hydrogen (secondary N) is 1. The van der Waals surface area contributed by atoms with E-state index in [-0.39, 0.29) is 0 Å². The lowest BCUT2D eigenvalue weighted by atomic mass is 9.92. The van der Waals surface area contributed by atoms with Gasteiger partial charge in [0, 0.05) is 11.1 Å². The van der Waals surface area contributed by atoms with Crippen LogP contribution in [0.4, 0.5) is 11.4 Å². The van der Waals surface area contributed by atoms with E-state index in [1.54, 1.807) is 0 Å². The number of benzene rings is 2. The van der Waals surface area contributed by atoms with Crippen LogP contribution in [0.25, 0.3) is 10.9 Å². The van der Waals surface area contributed by atoms with Gasteiger partial charge < -0.3 is 5.32 Å². The number of hydrogen-bond donors (Lipinski definition) is 1.